The average molecular weight is 246 g/mol. The SMILES string of the molecule is Nc1ccc(/C=C/C(=O)NC2CCCOC2)cc1. The number of nitrogens with two attached hydrogens (primary N) is 1. The molecule has 1 aromatic rings. The Balaban J connectivity index is 1.84. The molecule has 1 aliphatic heterocycles. The van der Waals surface area contributed by atoms with Gasteiger partial charge in [0.25, 0.3) is 0 Å². The first-order valence-electron chi connectivity index (χ1n) is 6.16. The number of carbonyl (C=O) groups excluding carboxylic acids is 1. The predicted molar refractivity (Wildman–Crippen MR) is 71.9 cm³/mol. The van der Waals surface area contributed by atoms with Gasteiger partial charge in [-0.15, -0.1) is 0 Å². The Kier molecular flexibility index (Phi) is 4.36. The van der Waals surface area contributed by atoms with E-state index in [9.17, 15) is 4.79 Å². The van der Waals surface area contributed by atoms with Crippen LogP contribution in [0, 0.1) is 0 Å². The van der Waals surface area contributed by atoms with Crippen molar-refractivity contribution < 1.29 is 9.53 Å². The normalized spacial score (nSPS) is 19.9. The molecule has 1 amide bonds. The summed E-state index contributed by atoms with van der Waals surface area (Å²) in [6, 6.07) is 7.52. The number of hydrogen-bond acceptors (Lipinski definition) is 3. The summed E-state index contributed by atoms with van der Waals surface area (Å²) in [7, 11) is 0. The number of nitrogen functional groups attached to an aromatic ring is 1. The summed E-state index contributed by atoms with van der Waals surface area (Å²) >= 11 is 0. The third kappa shape index (κ3) is 3.89. The molecule has 1 fully saturated rings. The first kappa shape index (κ1) is 12.6. The highest BCUT2D eigenvalue weighted by Gasteiger charge is 2.14. The summed E-state index contributed by atoms with van der Waals surface area (Å²) in [6.45, 7) is 1.41. The molecule has 0 bridgehead atoms. The van der Waals surface area contributed by atoms with Gasteiger partial charge in [0.05, 0.1) is 12.6 Å². The molecule has 3 N–H and O–H groups in total. The Labute approximate surface area is 107 Å². The molecule has 1 unspecified atom stereocenters. The molecule has 1 aliphatic rings. The van der Waals surface area contributed by atoms with E-state index in [1.165, 1.54) is 0 Å². The summed E-state index contributed by atoms with van der Waals surface area (Å²) in [5.41, 5.74) is 7.27. The van der Waals surface area contributed by atoms with Crippen LogP contribution in [0.1, 0.15) is 18.4 Å². The number of benzene rings is 1. The van der Waals surface area contributed by atoms with Crippen molar-refractivity contribution >= 4 is 17.7 Å². The third-order valence-corrected chi connectivity index (χ3v) is 2.87. The summed E-state index contributed by atoms with van der Waals surface area (Å²) in [5, 5.41) is 2.93. The van der Waals surface area contributed by atoms with Crippen LogP contribution >= 0.6 is 0 Å². The van der Waals surface area contributed by atoms with Crippen LogP contribution in [0.4, 0.5) is 5.69 Å². The molecule has 18 heavy (non-hydrogen) atoms. The summed E-state index contributed by atoms with van der Waals surface area (Å²) < 4.78 is 5.31. The van der Waals surface area contributed by atoms with Crippen molar-refractivity contribution in [2.75, 3.05) is 18.9 Å². The highest BCUT2D eigenvalue weighted by Crippen LogP contribution is 2.08. The minimum absolute atomic E-state index is 0.0812. The van der Waals surface area contributed by atoms with Crippen molar-refractivity contribution in [3.63, 3.8) is 0 Å². The highest BCUT2D eigenvalue weighted by molar-refractivity contribution is 5.91. The molecule has 1 aromatic carbocycles. The van der Waals surface area contributed by atoms with Crippen molar-refractivity contribution in [2.45, 2.75) is 18.9 Å². The number of hydrogen-bond donors (Lipinski definition) is 2. The fourth-order valence-corrected chi connectivity index (χ4v) is 1.88. The lowest BCUT2D eigenvalue weighted by molar-refractivity contribution is -0.118. The topological polar surface area (TPSA) is 64.4 Å². The van der Waals surface area contributed by atoms with Gasteiger partial charge in [0.1, 0.15) is 0 Å². The Morgan fingerprint density at radius 3 is 2.83 bits per heavy atom. The van der Waals surface area contributed by atoms with E-state index >= 15 is 0 Å². The summed E-state index contributed by atoms with van der Waals surface area (Å²) in [4.78, 5) is 11.7. The molecule has 2 rings (SSSR count). The maximum absolute atomic E-state index is 11.7. The van der Waals surface area contributed by atoms with E-state index in [0.29, 0.717) is 6.61 Å². The van der Waals surface area contributed by atoms with Gasteiger partial charge in [0.2, 0.25) is 5.91 Å². The van der Waals surface area contributed by atoms with Gasteiger partial charge < -0.3 is 15.8 Å². The quantitative estimate of drug-likeness (QED) is 0.628. The van der Waals surface area contributed by atoms with E-state index in [1.807, 2.05) is 24.3 Å². The summed E-state index contributed by atoms with van der Waals surface area (Å²) in [5.74, 6) is -0.0812. The largest absolute Gasteiger partial charge is 0.399 e. The number of ether oxygens (including phenoxy) is 1. The number of anilines is 1. The van der Waals surface area contributed by atoms with Gasteiger partial charge in [-0.1, -0.05) is 12.1 Å². The molecular formula is C14H18N2O2. The minimum atomic E-state index is -0.0812. The van der Waals surface area contributed by atoms with Crippen LogP contribution in [0.5, 0.6) is 0 Å². The van der Waals surface area contributed by atoms with Gasteiger partial charge in [0, 0.05) is 18.4 Å². The van der Waals surface area contributed by atoms with Crippen LogP contribution in [0.3, 0.4) is 0 Å². The van der Waals surface area contributed by atoms with Crippen molar-refractivity contribution in [2.24, 2.45) is 0 Å². The van der Waals surface area contributed by atoms with Crippen molar-refractivity contribution in [1.29, 1.82) is 0 Å². The second-order valence-electron chi connectivity index (χ2n) is 4.42. The smallest absolute Gasteiger partial charge is 0.244 e. The molecule has 0 spiro atoms. The van der Waals surface area contributed by atoms with Gasteiger partial charge >= 0.3 is 0 Å². The first-order valence-corrected chi connectivity index (χ1v) is 6.16. The third-order valence-electron chi connectivity index (χ3n) is 2.87. The monoisotopic (exact) mass is 246 g/mol. The van der Waals surface area contributed by atoms with Crippen LogP contribution in [0.2, 0.25) is 0 Å². The molecule has 1 atom stereocenters. The van der Waals surface area contributed by atoms with Gasteiger partial charge in [-0.05, 0) is 36.6 Å². The minimum Gasteiger partial charge on any atom is -0.399 e. The van der Waals surface area contributed by atoms with Gasteiger partial charge in [-0.3, -0.25) is 4.79 Å². The second kappa shape index (κ2) is 6.21. The lowest BCUT2D eigenvalue weighted by Gasteiger charge is -2.22. The zero-order valence-corrected chi connectivity index (χ0v) is 10.3. The maximum Gasteiger partial charge on any atom is 0.244 e. The lowest BCUT2D eigenvalue weighted by atomic mass is 10.1. The fraction of sp³-hybridized carbons (Fsp3) is 0.357. The van der Waals surface area contributed by atoms with E-state index in [0.717, 1.165) is 30.7 Å². The van der Waals surface area contributed by atoms with E-state index in [4.69, 9.17) is 10.5 Å². The van der Waals surface area contributed by atoms with Crippen molar-refractivity contribution in [1.82, 2.24) is 5.32 Å². The fourth-order valence-electron chi connectivity index (χ4n) is 1.88. The second-order valence-corrected chi connectivity index (χ2v) is 4.42. The van der Waals surface area contributed by atoms with Crippen LogP contribution in [0.25, 0.3) is 6.08 Å². The molecule has 0 aromatic heterocycles. The number of amides is 1. The molecule has 4 heteroatoms. The molecule has 0 saturated carbocycles. The van der Waals surface area contributed by atoms with E-state index in [2.05, 4.69) is 5.32 Å². The maximum atomic E-state index is 11.7. The summed E-state index contributed by atoms with van der Waals surface area (Å²) in [6.07, 6.45) is 5.31. The van der Waals surface area contributed by atoms with Crippen molar-refractivity contribution in [3.05, 3.63) is 35.9 Å². The Morgan fingerprint density at radius 2 is 2.17 bits per heavy atom. The van der Waals surface area contributed by atoms with Crippen LogP contribution < -0.4 is 11.1 Å². The standard InChI is InChI=1S/C14H18N2O2/c15-12-6-3-11(4-7-12)5-8-14(17)16-13-2-1-9-18-10-13/h3-8,13H,1-2,9-10,15H2,(H,16,17)/b8-5+. The van der Waals surface area contributed by atoms with Gasteiger partial charge in [-0.25, -0.2) is 0 Å². The predicted octanol–water partition coefficient (Wildman–Crippen LogP) is 1.58. The first-order chi connectivity index (χ1) is 8.74. The molecule has 96 valence electrons. The number of rotatable bonds is 3. The van der Waals surface area contributed by atoms with E-state index in [1.54, 1.807) is 12.2 Å². The number of nitrogens with one attached hydrogen (secondary N) is 1. The lowest BCUT2D eigenvalue weighted by Crippen LogP contribution is -2.39. The van der Waals surface area contributed by atoms with Crippen LogP contribution in [0.15, 0.2) is 30.3 Å². The Morgan fingerprint density at radius 1 is 1.39 bits per heavy atom. The molecule has 1 heterocycles. The molecule has 0 radical (unpaired) electrons. The Hall–Kier alpha value is -1.81. The zero-order chi connectivity index (χ0) is 12.8. The Bertz CT molecular complexity index is 420. The van der Waals surface area contributed by atoms with Crippen molar-refractivity contribution in [3.8, 4) is 0 Å². The zero-order valence-electron chi connectivity index (χ0n) is 10.3. The number of carbonyl (C=O) groups is 1. The van der Waals surface area contributed by atoms with Gasteiger partial charge in [-0.2, -0.15) is 0 Å². The van der Waals surface area contributed by atoms with E-state index < -0.39 is 0 Å². The molecular weight excluding hydrogens is 228 g/mol. The van der Waals surface area contributed by atoms with Crippen LogP contribution in [-0.4, -0.2) is 25.2 Å². The average Bonchev–Trinajstić information content (AvgIpc) is 2.39. The molecule has 0 aliphatic carbocycles. The molecule has 4 nitrogen and oxygen atoms in total. The van der Waals surface area contributed by atoms with E-state index in [-0.39, 0.29) is 11.9 Å². The van der Waals surface area contributed by atoms with Crippen LogP contribution in [-0.2, 0) is 9.53 Å². The highest BCUT2D eigenvalue weighted by atomic mass is 16.5. The van der Waals surface area contributed by atoms with Gasteiger partial charge in [0.15, 0.2) is 0 Å². The molecule has 1 saturated heterocycles.